The standard InChI is InChI=1S/C22H25ClO4/c1-12-5-13(2)20(23)18(6-12)19-21(26-10-16-8-24-16)14(3)7-15(4)22(19)27-11-17-9-25-17/h5-7,16-17H,8-11H2,1-4H3. The third-order valence-electron chi connectivity index (χ3n) is 4.90. The summed E-state index contributed by atoms with van der Waals surface area (Å²) in [5, 5.41) is 0.727. The van der Waals surface area contributed by atoms with Crippen LogP contribution in [-0.2, 0) is 9.47 Å². The van der Waals surface area contributed by atoms with Gasteiger partial charge in [-0.25, -0.2) is 0 Å². The summed E-state index contributed by atoms with van der Waals surface area (Å²) >= 11 is 6.74. The van der Waals surface area contributed by atoms with Gasteiger partial charge in [0, 0.05) is 5.56 Å². The van der Waals surface area contributed by atoms with Crippen molar-refractivity contribution in [3.63, 3.8) is 0 Å². The molecule has 0 radical (unpaired) electrons. The first kappa shape index (κ1) is 18.6. The number of hydrogen-bond acceptors (Lipinski definition) is 4. The van der Waals surface area contributed by atoms with E-state index < -0.39 is 0 Å². The Morgan fingerprint density at radius 3 is 1.85 bits per heavy atom. The van der Waals surface area contributed by atoms with E-state index in [1.54, 1.807) is 0 Å². The molecule has 2 saturated heterocycles. The first-order valence-corrected chi connectivity index (χ1v) is 9.72. The van der Waals surface area contributed by atoms with Crippen LogP contribution in [0.5, 0.6) is 11.5 Å². The summed E-state index contributed by atoms with van der Waals surface area (Å²) in [6, 6.07) is 6.29. The van der Waals surface area contributed by atoms with Gasteiger partial charge in [-0.15, -0.1) is 0 Å². The lowest BCUT2D eigenvalue weighted by molar-refractivity contribution is 0.252. The number of hydrogen-bond donors (Lipinski definition) is 0. The van der Waals surface area contributed by atoms with E-state index in [0.29, 0.717) is 13.2 Å². The molecule has 0 N–H and O–H groups in total. The Morgan fingerprint density at radius 2 is 1.37 bits per heavy atom. The molecule has 2 fully saturated rings. The minimum Gasteiger partial charge on any atom is -0.490 e. The molecule has 0 bridgehead atoms. The summed E-state index contributed by atoms with van der Waals surface area (Å²) in [6.45, 7) is 10.8. The van der Waals surface area contributed by atoms with Crippen LogP contribution in [0, 0.1) is 27.7 Å². The Bertz CT molecular complexity index is 829. The summed E-state index contributed by atoms with van der Waals surface area (Å²) in [4.78, 5) is 0. The molecule has 2 heterocycles. The van der Waals surface area contributed by atoms with Gasteiger partial charge in [0.2, 0.25) is 0 Å². The number of halogens is 1. The quantitative estimate of drug-likeness (QED) is 0.639. The maximum Gasteiger partial charge on any atom is 0.133 e. The van der Waals surface area contributed by atoms with Gasteiger partial charge < -0.3 is 18.9 Å². The number of benzene rings is 2. The normalized spacial score (nSPS) is 20.5. The fourth-order valence-corrected chi connectivity index (χ4v) is 3.59. The lowest BCUT2D eigenvalue weighted by Crippen LogP contribution is -2.10. The number of ether oxygens (including phenoxy) is 4. The molecule has 4 rings (SSSR count). The summed E-state index contributed by atoms with van der Waals surface area (Å²) in [7, 11) is 0. The van der Waals surface area contributed by atoms with E-state index >= 15 is 0 Å². The highest BCUT2D eigenvalue weighted by Crippen LogP contribution is 2.47. The Labute approximate surface area is 165 Å². The summed E-state index contributed by atoms with van der Waals surface area (Å²) in [5.74, 6) is 1.63. The second-order valence-corrected chi connectivity index (χ2v) is 7.90. The third-order valence-corrected chi connectivity index (χ3v) is 5.41. The van der Waals surface area contributed by atoms with Gasteiger partial charge in [-0.05, 0) is 56.5 Å². The molecule has 4 nitrogen and oxygen atoms in total. The highest BCUT2D eigenvalue weighted by atomic mass is 35.5. The molecule has 27 heavy (non-hydrogen) atoms. The molecule has 0 amide bonds. The lowest BCUT2D eigenvalue weighted by atomic mass is 9.94. The summed E-state index contributed by atoms with van der Waals surface area (Å²) in [5.41, 5.74) is 6.18. The SMILES string of the molecule is Cc1cc(C)c(Cl)c(-c2c(OCC3CO3)c(C)cc(C)c2OCC2CO2)c1. The zero-order valence-electron chi connectivity index (χ0n) is 16.2. The third kappa shape index (κ3) is 4.08. The molecule has 2 aliphatic rings. The van der Waals surface area contributed by atoms with Gasteiger partial charge in [0.15, 0.2) is 0 Å². The number of aryl methyl sites for hydroxylation is 4. The minimum atomic E-state index is 0.178. The predicted molar refractivity (Wildman–Crippen MR) is 106 cm³/mol. The van der Waals surface area contributed by atoms with Crippen LogP contribution in [0.2, 0.25) is 5.02 Å². The molecule has 0 aliphatic carbocycles. The van der Waals surface area contributed by atoms with E-state index in [4.69, 9.17) is 30.5 Å². The first-order valence-electron chi connectivity index (χ1n) is 9.34. The lowest BCUT2D eigenvalue weighted by Gasteiger charge is -2.22. The van der Waals surface area contributed by atoms with Gasteiger partial charge >= 0.3 is 0 Å². The van der Waals surface area contributed by atoms with Gasteiger partial charge in [-0.3, -0.25) is 0 Å². The van der Waals surface area contributed by atoms with E-state index in [2.05, 4.69) is 39.0 Å². The number of epoxide rings is 2. The van der Waals surface area contributed by atoms with Crippen LogP contribution < -0.4 is 9.47 Å². The smallest absolute Gasteiger partial charge is 0.133 e. The van der Waals surface area contributed by atoms with Crippen LogP contribution in [0.25, 0.3) is 11.1 Å². The van der Waals surface area contributed by atoms with E-state index in [1.165, 1.54) is 0 Å². The molecular weight excluding hydrogens is 364 g/mol. The van der Waals surface area contributed by atoms with Crippen molar-refractivity contribution >= 4 is 11.6 Å². The van der Waals surface area contributed by atoms with Gasteiger partial charge in [-0.2, -0.15) is 0 Å². The highest BCUT2D eigenvalue weighted by molar-refractivity contribution is 6.34. The van der Waals surface area contributed by atoms with Crippen molar-refractivity contribution in [2.24, 2.45) is 0 Å². The minimum absolute atomic E-state index is 0.178. The second-order valence-electron chi connectivity index (χ2n) is 7.52. The highest BCUT2D eigenvalue weighted by Gasteiger charge is 2.28. The van der Waals surface area contributed by atoms with Crippen molar-refractivity contribution in [3.8, 4) is 22.6 Å². The fourth-order valence-electron chi connectivity index (χ4n) is 3.38. The summed E-state index contributed by atoms with van der Waals surface area (Å²) < 4.78 is 23.0. The average molecular weight is 389 g/mol. The van der Waals surface area contributed by atoms with Crippen molar-refractivity contribution in [2.45, 2.75) is 39.9 Å². The Hall–Kier alpha value is -1.75. The topological polar surface area (TPSA) is 43.5 Å². The molecule has 5 heteroatoms. The van der Waals surface area contributed by atoms with Crippen LogP contribution in [0.4, 0.5) is 0 Å². The van der Waals surface area contributed by atoms with Crippen molar-refractivity contribution in [1.29, 1.82) is 0 Å². The molecule has 0 saturated carbocycles. The van der Waals surface area contributed by atoms with E-state index in [1.807, 2.05) is 6.92 Å². The monoisotopic (exact) mass is 388 g/mol. The van der Waals surface area contributed by atoms with Crippen LogP contribution in [0.1, 0.15) is 22.3 Å². The van der Waals surface area contributed by atoms with Gasteiger partial charge in [0.25, 0.3) is 0 Å². The van der Waals surface area contributed by atoms with Crippen LogP contribution in [0.3, 0.4) is 0 Å². The molecule has 144 valence electrons. The predicted octanol–water partition coefficient (Wildman–Crippen LogP) is 4.80. The molecule has 2 aliphatic heterocycles. The van der Waals surface area contributed by atoms with E-state index in [-0.39, 0.29) is 12.2 Å². The molecule has 2 atom stereocenters. The number of rotatable bonds is 7. The maximum absolute atomic E-state index is 6.74. The van der Waals surface area contributed by atoms with Crippen LogP contribution in [0.15, 0.2) is 18.2 Å². The van der Waals surface area contributed by atoms with Crippen molar-refractivity contribution < 1.29 is 18.9 Å². The van der Waals surface area contributed by atoms with Crippen molar-refractivity contribution in [2.75, 3.05) is 26.4 Å². The Balaban J connectivity index is 1.85. The van der Waals surface area contributed by atoms with Crippen molar-refractivity contribution in [1.82, 2.24) is 0 Å². The zero-order chi connectivity index (χ0) is 19.1. The largest absolute Gasteiger partial charge is 0.490 e. The van der Waals surface area contributed by atoms with Gasteiger partial charge in [0.1, 0.15) is 36.9 Å². The second kappa shape index (κ2) is 7.34. The first-order chi connectivity index (χ1) is 12.9. The van der Waals surface area contributed by atoms with E-state index in [9.17, 15) is 0 Å². The molecular formula is C22H25ClO4. The molecule has 2 aromatic rings. The fraction of sp³-hybridized carbons (Fsp3) is 0.455. The maximum atomic E-state index is 6.74. The molecule has 2 unspecified atom stereocenters. The van der Waals surface area contributed by atoms with Gasteiger partial charge in [-0.1, -0.05) is 23.2 Å². The zero-order valence-corrected chi connectivity index (χ0v) is 17.0. The summed E-state index contributed by atoms with van der Waals surface area (Å²) in [6.07, 6.45) is 0.356. The van der Waals surface area contributed by atoms with Gasteiger partial charge in [0.05, 0.1) is 23.8 Å². The Kier molecular flexibility index (Phi) is 5.06. The Morgan fingerprint density at radius 1 is 0.852 bits per heavy atom. The molecule has 0 aromatic heterocycles. The van der Waals surface area contributed by atoms with Crippen LogP contribution >= 0.6 is 11.6 Å². The molecule has 0 spiro atoms. The van der Waals surface area contributed by atoms with Crippen LogP contribution in [-0.4, -0.2) is 38.6 Å². The van der Waals surface area contributed by atoms with Crippen molar-refractivity contribution in [3.05, 3.63) is 45.5 Å². The van der Waals surface area contributed by atoms with E-state index in [0.717, 1.165) is 63.1 Å². The molecule has 2 aromatic carbocycles. The average Bonchev–Trinajstić information content (AvgIpc) is 3.50.